The molecule has 3 rings (SSSR count). The molecule has 0 saturated heterocycles. The van der Waals surface area contributed by atoms with E-state index >= 15 is 0 Å². The molecule has 0 aliphatic rings. The molecule has 1 atom stereocenters. The van der Waals surface area contributed by atoms with Gasteiger partial charge in [0.1, 0.15) is 12.6 Å². The molecular formula is C31H38ClN3O4S. The molecule has 3 aromatic rings. The summed E-state index contributed by atoms with van der Waals surface area (Å²) in [5.41, 5.74) is 2.96. The van der Waals surface area contributed by atoms with Gasteiger partial charge < -0.3 is 10.2 Å². The minimum Gasteiger partial charge on any atom is -0.354 e. The Labute approximate surface area is 243 Å². The zero-order chi connectivity index (χ0) is 29.4. The Morgan fingerprint density at radius 3 is 2.17 bits per heavy atom. The molecule has 0 aliphatic heterocycles. The van der Waals surface area contributed by atoms with Gasteiger partial charge in [0, 0.05) is 18.1 Å². The first kappa shape index (κ1) is 31.2. The minimum absolute atomic E-state index is 0.0566. The van der Waals surface area contributed by atoms with Crippen LogP contribution in [0.15, 0.2) is 77.7 Å². The summed E-state index contributed by atoms with van der Waals surface area (Å²) in [5.74, 6) is -0.539. The quantitative estimate of drug-likeness (QED) is 0.310. The highest BCUT2D eigenvalue weighted by Crippen LogP contribution is 2.28. The fourth-order valence-electron chi connectivity index (χ4n) is 4.13. The number of amides is 2. The highest BCUT2D eigenvalue weighted by atomic mass is 35.5. The third kappa shape index (κ3) is 8.08. The Morgan fingerprint density at radius 1 is 0.925 bits per heavy atom. The molecule has 0 bridgehead atoms. The van der Waals surface area contributed by atoms with Crippen molar-refractivity contribution in [2.75, 3.05) is 23.9 Å². The summed E-state index contributed by atoms with van der Waals surface area (Å²) in [5, 5.41) is 3.28. The van der Waals surface area contributed by atoms with Gasteiger partial charge in [0.15, 0.2) is 0 Å². The molecule has 0 radical (unpaired) electrons. The number of aryl methyl sites for hydroxylation is 2. The molecule has 40 heavy (non-hydrogen) atoms. The zero-order valence-electron chi connectivity index (χ0n) is 23.7. The maximum absolute atomic E-state index is 13.9. The van der Waals surface area contributed by atoms with Crippen LogP contribution in [0.25, 0.3) is 0 Å². The molecule has 0 aliphatic carbocycles. The summed E-state index contributed by atoms with van der Waals surface area (Å²) in [4.78, 5) is 28.5. The Kier molecular flexibility index (Phi) is 10.8. The van der Waals surface area contributed by atoms with E-state index in [4.69, 9.17) is 11.6 Å². The lowest BCUT2D eigenvalue weighted by molar-refractivity contribution is -0.138. The molecule has 9 heteroatoms. The molecule has 0 saturated carbocycles. The maximum atomic E-state index is 13.9. The largest absolute Gasteiger partial charge is 0.354 e. The normalized spacial score (nSPS) is 12.2. The first-order valence-electron chi connectivity index (χ1n) is 13.4. The second kappa shape index (κ2) is 13.8. The molecular weight excluding hydrogens is 546 g/mol. The van der Waals surface area contributed by atoms with Gasteiger partial charge in [-0.05, 0) is 68.5 Å². The van der Waals surface area contributed by atoms with E-state index in [1.54, 1.807) is 37.3 Å². The van der Waals surface area contributed by atoms with Gasteiger partial charge in [-0.15, -0.1) is 0 Å². The number of nitrogens with one attached hydrogen (secondary N) is 1. The van der Waals surface area contributed by atoms with Crippen molar-refractivity contribution in [3.05, 3.63) is 94.5 Å². The van der Waals surface area contributed by atoms with Crippen LogP contribution in [0.5, 0.6) is 0 Å². The predicted octanol–water partition coefficient (Wildman–Crippen LogP) is 5.38. The smallest absolute Gasteiger partial charge is 0.264 e. The third-order valence-electron chi connectivity index (χ3n) is 6.67. The minimum atomic E-state index is -4.14. The van der Waals surface area contributed by atoms with Crippen LogP contribution in [0.2, 0.25) is 5.02 Å². The molecule has 214 valence electrons. The number of rotatable bonds is 12. The highest BCUT2D eigenvalue weighted by molar-refractivity contribution is 7.92. The van der Waals surface area contributed by atoms with E-state index in [1.807, 2.05) is 58.0 Å². The number of carbonyl (C=O) groups is 2. The second-order valence-electron chi connectivity index (χ2n) is 10.4. The van der Waals surface area contributed by atoms with E-state index in [0.29, 0.717) is 18.0 Å². The van der Waals surface area contributed by atoms with Crippen LogP contribution in [-0.2, 0) is 26.0 Å². The lowest BCUT2D eigenvalue weighted by atomic mass is 10.1. The van der Waals surface area contributed by atoms with Gasteiger partial charge in [0.25, 0.3) is 10.0 Å². The highest BCUT2D eigenvalue weighted by Gasteiger charge is 2.32. The third-order valence-corrected chi connectivity index (χ3v) is 8.86. The van der Waals surface area contributed by atoms with Gasteiger partial charge >= 0.3 is 0 Å². The van der Waals surface area contributed by atoms with Gasteiger partial charge in [-0.2, -0.15) is 0 Å². The van der Waals surface area contributed by atoms with Crippen molar-refractivity contribution in [3.63, 3.8) is 0 Å². The Bertz CT molecular complexity index is 1410. The number of benzene rings is 3. The average molecular weight is 584 g/mol. The summed E-state index contributed by atoms with van der Waals surface area (Å²) in [6, 6.07) is 20.2. The summed E-state index contributed by atoms with van der Waals surface area (Å²) >= 11 is 6.37. The first-order valence-corrected chi connectivity index (χ1v) is 15.2. The van der Waals surface area contributed by atoms with Crippen LogP contribution in [0.3, 0.4) is 0 Å². The molecule has 0 fully saturated rings. The average Bonchev–Trinajstić information content (AvgIpc) is 2.92. The first-order chi connectivity index (χ1) is 18.9. The topological polar surface area (TPSA) is 86.8 Å². The number of hydrogen-bond donors (Lipinski definition) is 1. The number of anilines is 1. The van der Waals surface area contributed by atoms with Crippen molar-refractivity contribution in [1.29, 1.82) is 0 Å². The van der Waals surface area contributed by atoms with Crippen molar-refractivity contribution in [2.24, 2.45) is 5.92 Å². The summed E-state index contributed by atoms with van der Waals surface area (Å²) in [7, 11) is -4.14. The molecule has 0 heterocycles. The van der Waals surface area contributed by atoms with E-state index in [2.05, 4.69) is 5.32 Å². The van der Waals surface area contributed by atoms with E-state index in [1.165, 1.54) is 17.0 Å². The van der Waals surface area contributed by atoms with Crippen LogP contribution in [-0.4, -0.2) is 50.8 Å². The fourth-order valence-corrected chi connectivity index (χ4v) is 5.71. The van der Waals surface area contributed by atoms with E-state index < -0.39 is 28.5 Å². The molecule has 3 aromatic carbocycles. The predicted molar refractivity (Wildman–Crippen MR) is 161 cm³/mol. The van der Waals surface area contributed by atoms with E-state index in [-0.39, 0.29) is 29.0 Å². The standard InChI is InChI=1S/C31H38ClN3O4S/c1-22(2)20-33-31(37)25(5)34(18-17-26-9-7-6-8-10-26)30(36)21-35(27-14-13-24(4)29(32)19-27)40(38,39)28-15-11-23(3)12-16-28/h6-16,19,22,25H,17-18,20-21H2,1-5H3,(H,33,37). The lowest BCUT2D eigenvalue weighted by Gasteiger charge is -2.32. The van der Waals surface area contributed by atoms with Crippen LogP contribution in [0, 0.1) is 19.8 Å². The summed E-state index contributed by atoms with van der Waals surface area (Å²) < 4.78 is 28.9. The summed E-state index contributed by atoms with van der Waals surface area (Å²) in [6.45, 7) is 9.55. The number of carbonyl (C=O) groups excluding carboxylic acids is 2. The van der Waals surface area contributed by atoms with Gasteiger partial charge in [-0.3, -0.25) is 13.9 Å². The van der Waals surface area contributed by atoms with Crippen LogP contribution in [0.4, 0.5) is 5.69 Å². The van der Waals surface area contributed by atoms with Crippen molar-refractivity contribution in [1.82, 2.24) is 10.2 Å². The Balaban J connectivity index is 1.98. The maximum Gasteiger partial charge on any atom is 0.264 e. The van der Waals surface area contributed by atoms with Gasteiger partial charge in [0.05, 0.1) is 10.6 Å². The monoisotopic (exact) mass is 583 g/mol. The van der Waals surface area contributed by atoms with Crippen LogP contribution >= 0.6 is 11.6 Å². The van der Waals surface area contributed by atoms with Crippen molar-refractivity contribution >= 4 is 39.1 Å². The fraction of sp³-hybridized carbons (Fsp3) is 0.355. The van der Waals surface area contributed by atoms with Gasteiger partial charge in [0.2, 0.25) is 11.8 Å². The molecule has 1 unspecified atom stereocenters. The zero-order valence-corrected chi connectivity index (χ0v) is 25.3. The van der Waals surface area contributed by atoms with Gasteiger partial charge in [-0.1, -0.05) is 79.5 Å². The van der Waals surface area contributed by atoms with Gasteiger partial charge in [-0.25, -0.2) is 8.42 Å². The Hall–Kier alpha value is -3.36. The number of halogens is 1. The van der Waals surface area contributed by atoms with Crippen molar-refractivity contribution in [2.45, 2.75) is 52.0 Å². The molecule has 0 aromatic heterocycles. The van der Waals surface area contributed by atoms with Crippen LogP contribution < -0.4 is 9.62 Å². The molecule has 0 spiro atoms. The van der Waals surface area contributed by atoms with Crippen molar-refractivity contribution < 1.29 is 18.0 Å². The molecule has 2 amide bonds. The SMILES string of the molecule is Cc1ccc(S(=O)(=O)N(CC(=O)N(CCc2ccccc2)C(C)C(=O)NCC(C)C)c2ccc(C)c(Cl)c2)cc1. The number of sulfonamides is 1. The lowest BCUT2D eigenvalue weighted by Crippen LogP contribution is -2.52. The molecule has 1 N–H and O–H groups in total. The van der Waals surface area contributed by atoms with Crippen LogP contribution in [0.1, 0.15) is 37.5 Å². The Morgan fingerprint density at radius 2 is 1.57 bits per heavy atom. The molecule has 7 nitrogen and oxygen atoms in total. The number of hydrogen-bond acceptors (Lipinski definition) is 4. The summed E-state index contributed by atoms with van der Waals surface area (Å²) in [6.07, 6.45) is 0.509. The van der Waals surface area contributed by atoms with E-state index in [9.17, 15) is 18.0 Å². The van der Waals surface area contributed by atoms with Crippen molar-refractivity contribution in [3.8, 4) is 0 Å². The number of nitrogens with zero attached hydrogens (tertiary/aromatic N) is 2. The second-order valence-corrected chi connectivity index (χ2v) is 12.7. The van der Waals surface area contributed by atoms with E-state index in [0.717, 1.165) is 21.0 Å².